The Kier molecular flexibility index (Phi) is 4.42. The molecule has 0 spiro atoms. The minimum Gasteiger partial charge on any atom is -0.384 e. The third kappa shape index (κ3) is 3.37. The van der Waals surface area contributed by atoms with Gasteiger partial charge < -0.3 is 14.6 Å². The number of rotatable bonds is 6. The second-order valence-electron chi connectivity index (χ2n) is 4.44. The highest BCUT2D eigenvalue weighted by molar-refractivity contribution is 5.51. The minimum atomic E-state index is 0.754. The number of benzene rings is 1. The molecular formula is C15H20N2O. The van der Waals surface area contributed by atoms with Crippen LogP contribution < -0.4 is 5.32 Å². The first kappa shape index (κ1) is 12.7. The lowest BCUT2D eigenvalue weighted by Crippen LogP contribution is -2.03. The molecule has 0 aliphatic carbocycles. The molecule has 0 unspecified atom stereocenters. The summed E-state index contributed by atoms with van der Waals surface area (Å²) in [5.41, 5.74) is 3.78. The Balaban J connectivity index is 1.99. The van der Waals surface area contributed by atoms with E-state index in [-0.39, 0.29) is 0 Å². The van der Waals surface area contributed by atoms with Gasteiger partial charge in [-0.1, -0.05) is 18.2 Å². The van der Waals surface area contributed by atoms with Gasteiger partial charge in [0.05, 0.1) is 6.61 Å². The maximum absolute atomic E-state index is 5.14. The number of anilines is 1. The molecule has 0 saturated heterocycles. The van der Waals surface area contributed by atoms with Crippen LogP contribution in [0.1, 0.15) is 11.1 Å². The number of methoxy groups -OCH3 is 1. The van der Waals surface area contributed by atoms with Crippen LogP contribution in [-0.2, 0) is 24.8 Å². The molecule has 0 fully saturated rings. The summed E-state index contributed by atoms with van der Waals surface area (Å²) < 4.78 is 7.20. The standard InChI is InChI=1S/C15H20N2O/c1-17-9-7-13(12-17)11-16-15-6-4-3-5-14(15)8-10-18-2/h3-7,9,12,16H,8,10-11H2,1-2H3. The van der Waals surface area contributed by atoms with Crippen molar-refractivity contribution >= 4 is 5.69 Å². The maximum Gasteiger partial charge on any atom is 0.0503 e. The van der Waals surface area contributed by atoms with E-state index >= 15 is 0 Å². The van der Waals surface area contributed by atoms with Crippen molar-refractivity contribution in [2.75, 3.05) is 19.0 Å². The van der Waals surface area contributed by atoms with Crippen LogP contribution >= 0.6 is 0 Å². The molecule has 1 heterocycles. The Bertz CT molecular complexity index is 491. The van der Waals surface area contributed by atoms with Crippen LogP contribution in [0.4, 0.5) is 5.69 Å². The minimum absolute atomic E-state index is 0.754. The summed E-state index contributed by atoms with van der Waals surface area (Å²) in [5, 5.41) is 3.48. The van der Waals surface area contributed by atoms with Crippen molar-refractivity contribution in [3.05, 3.63) is 53.9 Å². The third-order valence-electron chi connectivity index (χ3n) is 2.97. The van der Waals surface area contributed by atoms with Crippen LogP contribution in [0.2, 0.25) is 0 Å². The van der Waals surface area contributed by atoms with Crippen molar-refractivity contribution in [2.24, 2.45) is 7.05 Å². The number of nitrogens with one attached hydrogen (secondary N) is 1. The van der Waals surface area contributed by atoms with Gasteiger partial charge in [-0.2, -0.15) is 0 Å². The predicted molar refractivity (Wildman–Crippen MR) is 74.8 cm³/mol. The Morgan fingerprint density at radius 2 is 2.06 bits per heavy atom. The lowest BCUT2D eigenvalue weighted by atomic mass is 10.1. The molecule has 0 radical (unpaired) electrons. The summed E-state index contributed by atoms with van der Waals surface area (Å²) >= 11 is 0. The summed E-state index contributed by atoms with van der Waals surface area (Å²) in [4.78, 5) is 0. The number of ether oxygens (including phenoxy) is 1. The van der Waals surface area contributed by atoms with Gasteiger partial charge in [0.25, 0.3) is 0 Å². The van der Waals surface area contributed by atoms with E-state index in [0.717, 1.165) is 19.6 Å². The smallest absolute Gasteiger partial charge is 0.0503 e. The fourth-order valence-electron chi connectivity index (χ4n) is 1.99. The molecule has 18 heavy (non-hydrogen) atoms. The highest BCUT2D eigenvalue weighted by Crippen LogP contribution is 2.16. The zero-order chi connectivity index (χ0) is 12.8. The zero-order valence-electron chi connectivity index (χ0n) is 11.0. The van der Waals surface area contributed by atoms with Crippen molar-refractivity contribution in [2.45, 2.75) is 13.0 Å². The van der Waals surface area contributed by atoms with E-state index in [1.807, 2.05) is 7.05 Å². The Morgan fingerprint density at radius 1 is 1.22 bits per heavy atom. The van der Waals surface area contributed by atoms with E-state index in [1.165, 1.54) is 16.8 Å². The highest BCUT2D eigenvalue weighted by Gasteiger charge is 2.01. The van der Waals surface area contributed by atoms with Gasteiger partial charge in [0, 0.05) is 38.8 Å². The Labute approximate surface area is 108 Å². The molecule has 0 aliphatic heterocycles. The molecule has 1 aromatic carbocycles. The fourth-order valence-corrected chi connectivity index (χ4v) is 1.99. The first-order valence-corrected chi connectivity index (χ1v) is 6.21. The van der Waals surface area contributed by atoms with Crippen LogP contribution in [0.25, 0.3) is 0 Å². The summed E-state index contributed by atoms with van der Waals surface area (Å²) in [6.45, 7) is 1.61. The van der Waals surface area contributed by atoms with Crippen molar-refractivity contribution in [1.82, 2.24) is 4.57 Å². The van der Waals surface area contributed by atoms with E-state index in [9.17, 15) is 0 Å². The maximum atomic E-state index is 5.14. The topological polar surface area (TPSA) is 26.2 Å². The van der Waals surface area contributed by atoms with Gasteiger partial charge in [-0.15, -0.1) is 0 Å². The SMILES string of the molecule is COCCc1ccccc1NCc1ccn(C)c1. The number of nitrogens with zero attached hydrogens (tertiary/aromatic N) is 1. The van der Waals surface area contributed by atoms with Crippen LogP contribution in [0, 0.1) is 0 Å². The van der Waals surface area contributed by atoms with E-state index in [4.69, 9.17) is 4.74 Å². The Morgan fingerprint density at radius 3 is 2.78 bits per heavy atom. The largest absolute Gasteiger partial charge is 0.384 e. The molecular weight excluding hydrogens is 224 g/mol. The van der Waals surface area contributed by atoms with E-state index < -0.39 is 0 Å². The van der Waals surface area contributed by atoms with Gasteiger partial charge in [-0.3, -0.25) is 0 Å². The van der Waals surface area contributed by atoms with Gasteiger partial charge >= 0.3 is 0 Å². The second kappa shape index (κ2) is 6.26. The quantitative estimate of drug-likeness (QED) is 0.845. The van der Waals surface area contributed by atoms with Gasteiger partial charge in [0.2, 0.25) is 0 Å². The van der Waals surface area contributed by atoms with Crippen molar-refractivity contribution in [1.29, 1.82) is 0 Å². The molecule has 96 valence electrons. The highest BCUT2D eigenvalue weighted by atomic mass is 16.5. The summed E-state index contributed by atoms with van der Waals surface area (Å²) in [7, 11) is 3.77. The average molecular weight is 244 g/mol. The first-order valence-electron chi connectivity index (χ1n) is 6.21. The molecule has 2 aromatic rings. The summed E-state index contributed by atoms with van der Waals surface area (Å²) in [6, 6.07) is 10.5. The lowest BCUT2D eigenvalue weighted by Gasteiger charge is -2.11. The Hall–Kier alpha value is -1.74. The predicted octanol–water partition coefficient (Wildman–Crippen LogP) is 2.83. The molecule has 1 N–H and O–H groups in total. The monoisotopic (exact) mass is 244 g/mol. The van der Waals surface area contributed by atoms with Gasteiger partial charge in [0.15, 0.2) is 0 Å². The fraction of sp³-hybridized carbons (Fsp3) is 0.333. The molecule has 3 nitrogen and oxygen atoms in total. The number of aromatic nitrogens is 1. The summed E-state index contributed by atoms with van der Waals surface area (Å²) in [6.07, 6.45) is 5.13. The normalized spacial score (nSPS) is 10.6. The van der Waals surface area contributed by atoms with Crippen molar-refractivity contribution in [3.63, 3.8) is 0 Å². The first-order chi connectivity index (χ1) is 8.79. The molecule has 3 heteroatoms. The van der Waals surface area contributed by atoms with Gasteiger partial charge in [-0.25, -0.2) is 0 Å². The van der Waals surface area contributed by atoms with Crippen LogP contribution in [-0.4, -0.2) is 18.3 Å². The number of hydrogen-bond acceptors (Lipinski definition) is 2. The second-order valence-corrected chi connectivity index (χ2v) is 4.44. The van der Waals surface area contributed by atoms with Gasteiger partial charge in [0.1, 0.15) is 0 Å². The molecule has 0 aliphatic rings. The average Bonchev–Trinajstić information content (AvgIpc) is 2.81. The van der Waals surface area contributed by atoms with Crippen molar-refractivity contribution < 1.29 is 4.74 Å². The lowest BCUT2D eigenvalue weighted by molar-refractivity contribution is 0.202. The van der Waals surface area contributed by atoms with E-state index in [1.54, 1.807) is 7.11 Å². The van der Waals surface area contributed by atoms with E-state index in [2.05, 4.69) is 52.6 Å². The van der Waals surface area contributed by atoms with Crippen LogP contribution in [0.5, 0.6) is 0 Å². The molecule has 0 bridgehead atoms. The van der Waals surface area contributed by atoms with Crippen molar-refractivity contribution in [3.8, 4) is 0 Å². The number of hydrogen-bond donors (Lipinski definition) is 1. The van der Waals surface area contributed by atoms with Crippen LogP contribution in [0.15, 0.2) is 42.7 Å². The number of para-hydroxylation sites is 1. The van der Waals surface area contributed by atoms with Crippen LogP contribution in [0.3, 0.4) is 0 Å². The zero-order valence-corrected chi connectivity index (χ0v) is 11.0. The van der Waals surface area contributed by atoms with Gasteiger partial charge in [-0.05, 0) is 29.7 Å². The molecule has 2 rings (SSSR count). The molecule has 0 amide bonds. The number of aryl methyl sites for hydroxylation is 1. The molecule has 0 atom stereocenters. The molecule has 1 aromatic heterocycles. The summed E-state index contributed by atoms with van der Waals surface area (Å²) in [5.74, 6) is 0. The van der Waals surface area contributed by atoms with E-state index in [0.29, 0.717) is 0 Å². The molecule has 0 saturated carbocycles. The third-order valence-corrected chi connectivity index (χ3v) is 2.97.